The van der Waals surface area contributed by atoms with Gasteiger partial charge in [0, 0.05) is 23.8 Å². The van der Waals surface area contributed by atoms with Gasteiger partial charge in [0.15, 0.2) is 5.11 Å². The monoisotopic (exact) mass is 522 g/mol. The maximum Gasteiger partial charge on any atom is 0.174 e. The van der Waals surface area contributed by atoms with Crippen LogP contribution in [0.4, 0.5) is 5.69 Å². The van der Waals surface area contributed by atoms with Gasteiger partial charge in [0.25, 0.3) is 0 Å². The topological polar surface area (TPSA) is 64.7 Å². The number of benzene rings is 2. The molecule has 1 aliphatic heterocycles. The Morgan fingerprint density at radius 1 is 0.895 bits per heavy atom. The van der Waals surface area contributed by atoms with Crippen molar-refractivity contribution in [2.24, 2.45) is 0 Å². The highest BCUT2D eigenvalue weighted by Gasteiger charge is 2.42. The Kier molecular flexibility index (Phi) is 6.54. The predicted molar refractivity (Wildman–Crippen MR) is 150 cm³/mol. The largest absolute Gasteiger partial charge is 0.497 e. The molecule has 38 heavy (non-hydrogen) atoms. The zero-order chi connectivity index (χ0) is 25.9. The van der Waals surface area contributed by atoms with E-state index in [0.29, 0.717) is 11.7 Å². The molecule has 0 saturated carbocycles. The number of thiocarbonyl (C=S) groups is 1. The summed E-state index contributed by atoms with van der Waals surface area (Å²) in [6, 6.07) is 29.2. The van der Waals surface area contributed by atoms with Crippen LogP contribution in [-0.2, 0) is 6.54 Å². The Morgan fingerprint density at radius 2 is 1.66 bits per heavy atom. The van der Waals surface area contributed by atoms with Gasteiger partial charge in [-0.2, -0.15) is 0 Å². The van der Waals surface area contributed by atoms with Crippen molar-refractivity contribution < 1.29 is 13.9 Å². The third kappa shape index (κ3) is 4.73. The second-order valence-electron chi connectivity index (χ2n) is 8.91. The van der Waals surface area contributed by atoms with E-state index >= 15 is 0 Å². The van der Waals surface area contributed by atoms with Crippen molar-refractivity contribution in [2.75, 3.05) is 12.0 Å². The SMILES string of the molecule is COc1ccc(Oc2ccc(N3C(=S)N[C@@H](c4ccccn4)[C@@H]3c3cccn3Cc3ccco3)cc2)cc1. The molecule has 1 saturated heterocycles. The van der Waals surface area contributed by atoms with Gasteiger partial charge in [-0.25, -0.2) is 0 Å². The summed E-state index contributed by atoms with van der Waals surface area (Å²) in [6.07, 6.45) is 5.58. The van der Waals surface area contributed by atoms with Gasteiger partial charge < -0.3 is 28.7 Å². The molecule has 8 heteroatoms. The summed E-state index contributed by atoms with van der Waals surface area (Å²) < 4.78 is 19.1. The molecule has 1 N–H and O–H groups in total. The first-order chi connectivity index (χ1) is 18.7. The van der Waals surface area contributed by atoms with Gasteiger partial charge in [0.2, 0.25) is 0 Å². The molecule has 1 fully saturated rings. The zero-order valence-electron chi connectivity index (χ0n) is 20.7. The third-order valence-corrected chi connectivity index (χ3v) is 6.90. The van der Waals surface area contributed by atoms with Crippen molar-refractivity contribution in [1.82, 2.24) is 14.9 Å². The number of hydrogen-bond acceptors (Lipinski definition) is 5. The lowest BCUT2D eigenvalue weighted by Gasteiger charge is -2.29. The lowest BCUT2D eigenvalue weighted by atomic mass is 10.0. The minimum absolute atomic E-state index is 0.129. The summed E-state index contributed by atoms with van der Waals surface area (Å²) in [7, 11) is 1.64. The average Bonchev–Trinajstić information content (AvgIpc) is 3.71. The van der Waals surface area contributed by atoms with E-state index in [0.717, 1.165) is 40.1 Å². The first-order valence-electron chi connectivity index (χ1n) is 12.3. The summed E-state index contributed by atoms with van der Waals surface area (Å²) in [4.78, 5) is 6.81. The fourth-order valence-corrected chi connectivity index (χ4v) is 5.14. The average molecular weight is 523 g/mol. The van der Waals surface area contributed by atoms with Crippen LogP contribution in [0.2, 0.25) is 0 Å². The summed E-state index contributed by atoms with van der Waals surface area (Å²) in [5.41, 5.74) is 2.98. The minimum atomic E-state index is -0.135. The molecule has 4 heterocycles. The number of pyridine rings is 1. The molecule has 3 aromatic heterocycles. The smallest absolute Gasteiger partial charge is 0.174 e. The normalized spacial score (nSPS) is 16.9. The van der Waals surface area contributed by atoms with Gasteiger partial charge in [-0.15, -0.1) is 0 Å². The first kappa shape index (κ1) is 23.8. The Labute approximate surface area is 226 Å². The van der Waals surface area contributed by atoms with Gasteiger partial charge in [-0.1, -0.05) is 6.07 Å². The van der Waals surface area contributed by atoms with Gasteiger partial charge in [0.1, 0.15) is 29.1 Å². The first-order valence-corrected chi connectivity index (χ1v) is 12.7. The number of ether oxygens (including phenoxy) is 2. The van der Waals surface area contributed by atoms with Crippen LogP contribution in [0.1, 0.15) is 29.2 Å². The highest BCUT2D eigenvalue weighted by Crippen LogP contribution is 2.42. The second-order valence-corrected chi connectivity index (χ2v) is 9.30. The van der Waals surface area contributed by atoms with Crippen molar-refractivity contribution in [3.05, 3.63) is 127 Å². The highest BCUT2D eigenvalue weighted by atomic mass is 32.1. The van der Waals surface area contributed by atoms with Crippen molar-refractivity contribution >= 4 is 23.0 Å². The maximum atomic E-state index is 6.04. The molecule has 0 unspecified atom stereocenters. The molecular formula is C30H26N4O3S. The number of rotatable bonds is 8. The van der Waals surface area contributed by atoms with Crippen LogP contribution < -0.4 is 19.7 Å². The van der Waals surface area contributed by atoms with E-state index in [4.69, 9.17) is 26.1 Å². The molecular weight excluding hydrogens is 496 g/mol. The number of furan rings is 1. The van der Waals surface area contributed by atoms with Gasteiger partial charge in [0.05, 0.1) is 31.7 Å². The number of nitrogens with zero attached hydrogens (tertiary/aromatic N) is 3. The van der Waals surface area contributed by atoms with E-state index in [1.807, 2.05) is 85.1 Å². The molecule has 2 atom stereocenters. The predicted octanol–water partition coefficient (Wildman–Crippen LogP) is 6.50. The molecule has 5 aromatic rings. The fourth-order valence-electron chi connectivity index (χ4n) is 4.80. The summed E-state index contributed by atoms with van der Waals surface area (Å²) in [5.74, 6) is 3.14. The van der Waals surface area contributed by atoms with E-state index < -0.39 is 0 Å². The molecule has 1 aliphatic rings. The lowest BCUT2D eigenvalue weighted by molar-refractivity contribution is 0.413. The van der Waals surface area contributed by atoms with Crippen molar-refractivity contribution in [3.63, 3.8) is 0 Å². The molecule has 2 aromatic carbocycles. The van der Waals surface area contributed by atoms with Crippen LogP contribution in [0.5, 0.6) is 17.2 Å². The van der Waals surface area contributed by atoms with Crippen LogP contribution >= 0.6 is 12.2 Å². The van der Waals surface area contributed by atoms with Crippen LogP contribution in [-0.4, -0.2) is 21.8 Å². The Hall–Kier alpha value is -4.56. The third-order valence-electron chi connectivity index (χ3n) is 6.58. The molecule has 0 aliphatic carbocycles. The molecule has 190 valence electrons. The van der Waals surface area contributed by atoms with Gasteiger partial charge in [-0.3, -0.25) is 4.98 Å². The molecule has 7 nitrogen and oxygen atoms in total. The van der Waals surface area contributed by atoms with E-state index in [1.165, 1.54) is 0 Å². The number of aromatic nitrogens is 2. The molecule has 0 radical (unpaired) electrons. The van der Waals surface area contributed by atoms with E-state index in [-0.39, 0.29) is 12.1 Å². The van der Waals surface area contributed by atoms with E-state index in [2.05, 4.69) is 38.1 Å². The number of anilines is 1. The fraction of sp³-hybridized carbons (Fsp3) is 0.133. The Balaban J connectivity index is 1.33. The second kappa shape index (κ2) is 10.4. The molecule has 0 bridgehead atoms. The number of hydrogen-bond donors (Lipinski definition) is 1. The Morgan fingerprint density at radius 3 is 2.34 bits per heavy atom. The van der Waals surface area contributed by atoms with E-state index in [1.54, 1.807) is 13.4 Å². The van der Waals surface area contributed by atoms with Crippen molar-refractivity contribution in [1.29, 1.82) is 0 Å². The zero-order valence-corrected chi connectivity index (χ0v) is 21.5. The maximum absolute atomic E-state index is 6.04. The van der Waals surface area contributed by atoms with E-state index in [9.17, 15) is 0 Å². The molecule has 0 spiro atoms. The minimum Gasteiger partial charge on any atom is -0.497 e. The molecule has 0 amide bonds. The standard InChI is InChI=1S/C30H26N4O3S/c1-35-22-13-15-24(16-14-22)37-23-11-9-21(10-12-23)34-29(28(32-30(34)38)26-7-2-3-17-31-26)27-8-4-18-33(27)20-25-6-5-19-36-25/h2-19,28-29H,20H2,1H3,(H,32,38)/t28-,29-/m0/s1. The molecule has 6 rings (SSSR count). The summed E-state index contributed by atoms with van der Waals surface area (Å²) in [6.45, 7) is 0.621. The summed E-state index contributed by atoms with van der Waals surface area (Å²) in [5, 5.41) is 4.16. The van der Waals surface area contributed by atoms with Gasteiger partial charge >= 0.3 is 0 Å². The lowest BCUT2D eigenvalue weighted by Crippen LogP contribution is -2.30. The highest BCUT2D eigenvalue weighted by molar-refractivity contribution is 7.80. The number of nitrogens with one attached hydrogen (secondary N) is 1. The number of methoxy groups -OCH3 is 1. The quantitative estimate of drug-likeness (QED) is 0.233. The van der Waals surface area contributed by atoms with Crippen LogP contribution in [0, 0.1) is 0 Å². The van der Waals surface area contributed by atoms with Crippen molar-refractivity contribution in [3.8, 4) is 17.2 Å². The summed E-state index contributed by atoms with van der Waals surface area (Å²) >= 11 is 5.89. The van der Waals surface area contributed by atoms with Gasteiger partial charge in [-0.05, 0) is 97.1 Å². The Bertz CT molecular complexity index is 1500. The van der Waals surface area contributed by atoms with Crippen LogP contribution in [0.3, 0.4) is 0 Å². The van der Waals surface area contributed by atoms with Crippen molar-refractivity contribution in [2.45, 2.75) is 18.6 Å². The van der Waals surface area contributed by atoms with Crippen LogP contribution in [0.25, 0.3) is 0 Å². The van der Waals surface area contributed by atoms with Crippen LogP contribution in [0.15, 0.2) is 114 Å².